The zero-order valence-corrected chi connectivity index (χ0v) is 15.5. The Morgan fingerprint density at radius 3 is 2.69 bits per heavy atom. The fourth-order valence-electron chi connectivity index (χ4n) is 5.27. The molecule has 2 atom stereocenters. The molecule has 1 fully saturated rings. The number of aryl methyl sites for hydroxylation is 1. The highest BCUT2D eigenvalue weighted by Crippen LogP contribution is 2.44. The molecule has 2 heteroatoms. The fourth-order valence-corrected chi connectivity index (χ4v) is 5.27. The van der Waals surface area contributed by atoms with Crippen LogP contribution in [0.4, 0.5) is 0 Å². The Morgan fingerprint density at radius 1 is 0.923 bits per heavy atom. The van der Waals surface area contributed by atoms with Crippen molar-refractivity contribution >= 4 is 10.9 Å². The van der Waals surface area contributed by atoms with Gasteiger partial charge in [-0.1, -0.05) is 48.5 Å². The SMILES string of the molecule is c1ccc(CCCCN2C3CCCC2c2c([nH]c4ccccc24)C3)cc1. The second kappa shape index (κ2) is 6.92. The molecule has 26 heavy (non-hydrogen) atoms. The van der Waals surface area contributed by atoms with Gasteiger partial charge in [-0.3, -0.25) is 4.90 Å². The summed E-state index contributed by atoms with van der Waals surface area (Å²) in [5.74, 6) is 0. The van der Waals surface area contributed by atoms with Gasteiger partial charge in [0.15, 0.2) is 0 Å². The van der Waals surface area contributed by atoms with Crippen LogP contribution in [0.25, 0.3) is 10.9 Å². The molecule has 2 unspecified atom stereocenters. The summed E-state index contributed by atoms with van der Waals surface area (Å²) in [6.45, 7) is 1.25. The molecule has 1 saturated heterocycles. The van der Waals surface area contributed by atoms with E-state index in [1.807, 2.05) is 0 Å². The van der Waals surface area contributed by atoms with Crippen LogP contribution in [0.15, 0.2) is 54.6 Å². The van der Waals surface area contributed by atoms with E-state index in [-0.39, 0.29) is 0 Å². The number of fused-ring (bicyclic) bond motifs is 6. The summed E-state index contributed by atoms with van der Waals surface area (Å²) in [5, 5.41) is 1.46. The van der Waals surface area contributed by atoms with E-state index < -0.39 is 0 Å². The molecular weight excluding hydrogens is 316 g/mol. The average Bonchev–Trinajstić information content (AvgIpc) is 3.04. The lowest BCUT2D eigenvalue weighted by Gasteiger charge is -2.46. The van der Waals surface area contributed by atoms with Gasteiger partial charge in [-0.25, -0.2) is 0 Å². The summed E-state index contributed by atoms with van der Waals surface area (Å²) in [7, 11) is 0. The van der Waals surface area contributed by atoms with Gasteiger partial charge < -0.3 is 4.98 Å². The summed E-state index contributed by atoms with van der Waals surface area (Å²) in [6, 6.07) is 21.2. The Bertz CT molecular complexity index is 880. The lowest BCUT2D eigenvalue weighted by atomic mass is 9.82. The lowest BCUT2D eigenvalue weighted by Crippen LogP contribution is -2.46. The molecule has 3 aromatic rings. The van der Waals surface area contributed by atoms with Gasteiger partial charge in [-0.15, -0.1) is 0 Å². The quantitative estimate of drug-likeness (QED) is 0.593. The highest BCUT2D eigenvalue weighted by atomic mass is 15.2. The van der Waals surface area contributed by atoms with Crippen LogP contribution in [0, 0.1) is 0 Å². The molecule has 2 aromatic carbocycles. The maximum atomic E-state index is 3.73. The highest BCUT2D eigenvalue weighted by molar-refractivity contribution is 5.85. The third-order valence-corrected chi connectivity index (χ3v) is 6.46. The van der Waals surface area contributed by atoms with Crippen molar-refractivity contribution in [2.45, 2.75) is 57.0 Å². The van der Waals surface area contributed by atoms with Gasteiger partial charge in [0.05, 0.1) is 0 Å². The minimum absolute atomic E-state index is 0.630. The average molecular weight is 345 g/mol. The Labute approximate surface area is 156 Å². The van der Waals surface area contributed by atoms with Crippen molar-refractivity contribution in [1.29, 1.82) is 0 Å². The molecule has 0 saturated carbocycles. The van der Waals surface area contributed by atoms with Crippen molar-refractivity contribution in [3.8, 4) is 0 Å². The summed E-state index contributed by atoms with van der Waals surface area (Å²) >= 11 is 0. The zero-order valence-electron chi connectivity index (χ0n) is 15.5. The van der Waals surface area contributed by atoms with Crippen LogP contribution in [0.5, 0.6) is 0 Å². The highest BCUT2D eigenvalue weighted by Gasteiger charge is 2.38. The van der Waals surface area contributed by atoms with Gasteiger partial charge in [-0.05, 0) is 62.3 Å². The van der Waals surface area contributed by atoms with Crippen LogP contribution in [0.2, 0.25) is 0 Å². The predicted molar refractivity (Wildman–Crippen MR) is 108 cm³/mol. The molecule has 1 N–H and O–H groups in total. The molecule has 5 rings (SSSR count). The standard InChI is InChI=1S/C24H28N2/c1-2-9-18(10-3-1)11-6-7-16-26-19-12-8-15-23(26)24-20-13-4-5-14-21(20)25-22(24)17-19/h1-5,9-10,13-14,19,23,25H,6-8,11-12,15-17H2. The summed E-state index contributed by atoms with van der Waals surface area (Å²) < 4.78 is 0. The van der Waals surface area contributed by atoms with Crippen molar-refractivity contribution in [3.63, 3.8) is 0 Å². The third kappa shape index (κ3) is 2.87. The first-order valence-corrected chi connectivity index (χ1v) is 10.3. The molecular formula is C24H28N2. The van der Waals surface area contributed by atoms with Crippen LogP contribution < -0.4 is 0 Å². The van der Waals surface area contributed by atoms with Crippen LogP contribution in [0.1, 0.15) is 55.0 Å². The summed E-state index contributed by atoms with van der Waals surface area (Å²) in [4.78, 5) is 6.57. The van der Waals surface area contributed by atoms with Gasteiger partial charge in [0, 0.05) is 35.1 Å². The number of aromatic amines is 1. The number of para-hydroxylation sites is 1. The first-order valence-electron chi connectivity index (χ1n) is 10.3. The summed E-state index contributed by atoms with van der Waals surface area (Å²) in [5.41, 5.74) is 5.93. The molecule has 1 aromatic heterocycles. The van der Waals surface area contributed by atoms with Crippen LogP contribution in [-0.2, 0) is 12.8 Å². The predicted octanol–water partition coefficient (Wildman–Crippen LogP) is 5.64. The second-order valence-corrected chi connectivity index (χ2v) is 8.05. The molecule has 2 aliphatic rings. The van der Waals surface area contributed by atoms with E-state index in [0.717, 1.165) is 6.04 Å². The van der Waals surface area contributed by atoms with Crippen molar-refractivity contribution < 1.29 is 0 Å². The van der Waals surface area contributed by atoms with Crippen LogP contribution in [-0.4, -0.2) is 22.5 Å². The summed E-state index contributed by atoms with van der Waals surface area (Å²) in [6.07, 6.45) is 9.09. The van der Waals surface area contributed by atoms with E-state index in [9.17, 15) is 0 Å². The number of rotatable bonds is 5. The van der Waals surface area contributed by atoms with E-state index >= 15 is 0 Å². The topological polar surface area (TPSA) is 19.0 Å². The number of benzene rings is 2. The van der Waals surface area contributed by atoms with Gasteiger partial charge in [0.1, 0.15) is 0 Å². The first-order chi connectivity index (χ1) is 12.9. The first kappa shape index (κ1) is 16.1. The zero-order chi connectivity index (χ0) is 17.3. The number of unbranched alkanes of at least 4 members (excludes halogenated alkanes) is 1. The fraction of sp³-hybridized carbons (Fsp3) is 0.417. The number of aromatic nitrogens is 1. The number of hydrogen-bond donors (Lipinski definition) is 1. The van der Waals surface area contributed by atoms with Gasteiger partial charge in [-0.2, -0.15) is 0 Å². The van der Waals surface area contributed by atoms with Crippen molar-refractivity contribution in [2.75, 3.05) is 6.54 Å². The molecule has 0 radical (unpaired) electrons. The molecule has 2 bridgehead atoms. The second-order valence-electron chi connectivity index (χ2n) is 8.05. The van der Waals surface area contributed by atoms with Gasteiger partial charge >= 0.3 is 0 Å². The molecule has 0 amide bonds. The molecule has 0 aliphatic carbocycles. The maximum Gasteiger partial charge on any atom is 0.0459 e. The number of nitrogens with one attached hydrogen (secondary N) is 1. The number of hydrogen-bond acceptors (Lipinski definition) is 1. The van der Waals surface area contributed by atoms with Crippen molar-refractivity contribution in [1.82, 2.24) is 9.88 Å². The van der Waals surface area contributed by atoms with E-state index in [4.69, 9.17) is 0 Å². The third-order valence-electron chi connectivity index (χ3n) is 6.46. The molecule has 134 valence electrons. The number of piperidine rings is 1. The van der Waals surface area contributed by atoms with Crippen molar-refractivity contribution in [3.05, 3.63) is 71.4 Å². The number of nitrogens with zero attached hydrogens (tertiary/aromatic N) is 1. The Hall–Kier alpha value is -2.06. The van der Waals surface area contributed by atoms with Gasteiger partial charge in [0.25, 0.3) is 0 Å². The van der Waals surface area contributed by atoms with E-state index in [1.165, 1.54) is 73.7 Å². The largest absolute Gasteiger partial charge is 0.358 e. The maximum absolute atomic E-state index is 3.73. The van der Waals surface area contributed by atoms with E-state index in [1.54, 1.807) is 5.56 Å². The molecule has 3 heterocycles. The Morgan fingerprint density at radius 2 is 1.77 bits per heavy atom. The van der Waals surface area contributed by atoms with E-state index in [2.05, 4.69) is 64.5 Å². The monoisotopic (exact) mass is 344 g/mol. The minimum atomic E-state index is 0.630. The minimum Gasteiger partial charge on any atom is -0.358 e. The van der Waals surface area contributed by atoms with Crippen molar-refractivity contribution in [2.24, 2.45) is 0 Å². The number of H-pyrrole nitrogens is 1. The van der Waals surface area contributed by atoms with Crippen LogP contribution >= 0.6 is 0 Å². The van der Waals surface area contributed by atoms with Gasteiger partial charge in [0.2, 0.25) is 0 Å². The van der Waals surface area contributed by atoms with Crippen LogP contribution in [0.3, 0.4) is 0 Å². The smallest absolute Gasteiger partial charge is 0.0459 e. The normalized spacial score (nSPS) is 22.5. The molecule has 2 nitrogen and oxygen atoms in total. The Balaban J connectivity index is 1.32. The molecule has 2 aliphatic heterocycles. The lowest BCUT2D eigenvalue weighted by molar-refractivity contribution is 0.0676. The molecule has 0 spiro atoms. The van der Waals surface area contributed by atoms with E-state index in [0.29, 0.717) is 6.04 Å². The Kier molecular flexibility index (Phi) is 4.30.